The van der Waals surface area contributed by atoms with Crippen LogP contribution in [0.4, 0.5) is 0 Å². The highest BCUT2D eigenvalue weighted by atomic mass is 32.2. The number of amides is 1. The van der Waals surface area contributed by atoms with Gasteiger partial charge in [-0.3, -0.25) is 14.4 Å². The highest BCUT2D eigenvalue weighted by molar-refractivity contribution is 8.01. The fourth-order valence-corrected chi connectivity index (χ4v) is 8.68. The van der Waals surface area contributed by atoms with Gasteiger partial charge in [-0.25, -0.2) is 0 Å². The Labute approximate surface area is 240 Å². The molecule has 3 fully saturated rings. The number of ether oxygens (including phenoxy) is 1. The lowest BCUT2D eigenvalue weighted by atomic mass is 9.43. The van der Waals surface area contributed by atoms with Crippen LogP contribution in [0, 0.1) is 39.9 Å². The van der Waals surface area contributed by atoms with Crippen LogP contribution in [0.15, 0.2) is 0 Å². The van der Waals surface area contributed by atoms with Crippen LogP contribution in [-0.2, 0) is 19.1 Å². The molecule has 0 aromatic heterocycles. The third-order valence-corrected chi connectivity index (χ3v) is 12.6. The van der Waals surface area contributed by atoms with E-state index in [4.69, 9.17) is 10.5 Å². The Hall–Kier alpha value is -1.12. The van der Waals surface area contributed by atoms with E-state index in [1.165, 1.54) is 11.8 Å². The summed E-state index contributed by atoms with van der Waals surface area (Å²) in [5.41, 5.74) is 4.82. The molecule has 9 atom stereocenters. The maximum absolute atomic E-state index is 13.6. The number of hydrogen-bond donors (Lipinski definition) is 3. The van der Waals surface area contributed by atoms with Gasteiger partial charge in [0.05, 0.1) is 17.9 Å². The van der Waals surface area contributed by atoms with Crippen molar-refractivity contribution in [2.45, 2.75) is 124 Å². The van der Waals surface area contributed by atoms with Crippen LogP contribution in [-0.4, -0.2) is 58.1 Å². The van der Waals surface area contributed by atoms with Crippen molar-refractivity contribution in [2.24, 2.45) is 45.7 Å². The summed E-state index contributed by atoms with van der Waals surface area (Å²) in [6.45, 7) is 19.0. The standard InChI is InChI=1S/C31H54N2O5S/c1-10-29(8)15-22(38-23(35)16-39-28(6,7)17-33-27(37)24(32)18(2)3)30(9)19(4)11-13-31(20(5)26(29)36)14-12-21(34)25(30)31/h18-20,22,24-26,36H,10-17,32H2,1-9H3,(H,33,37). The van der Waals surface area contributed by atoms with E-state index in [9.17, 15) is 19.5 Å². The second-order valence-electron chi connectivity index (χ2n) is 14.4. The lowest BCUT2D eigenvalue weighted by Crippen LogP contribution is -2.63. The molecule has 3 rings (SSSR count). The first-order valence-electron chi connectivity index (χ1n) is 15.0. The van der Waals surface area contributed by atoms with Crippen molar-refractivity contribution < 1.29 is 24.2 Å². The van der Waals surface area contributed by atoms with Gasteiger partial charge in [0.25, 0.3) is 0 Å². The van der Waals surface area contributed by atoms with Gasteiger partial charge in [-0.05, 0) is 74.5 Å². The molecule has 9 unspecified atom stereocenters. The maximum atomic E-state index is 13.6. The van der Waals surface area contributed by atoms with Crippen molar-refractivity contribution in [3.05, 3.63) is 0 Å². The van der Waals surface area contributed by atoms with Crippen molar-refractivity contribution in [3.8, 4) is 0 Å². The molecule has 0 aliphatic heterocycles. The smallest absolute Gasteiger partial charge is 0.316 e. The first-order valence-corrected chi connectivity index (χ1v) is 16.0. The number of aliphatic hydroxyl groups excluding tert-OH is 1. The van der Waals surface area contributed by atoms with Crippen LogP contribution < -0.4 is 11.1 Å². The Kier molecular flexibility index (Phi) is 9.66. The lowest BCUT2D eigenvalue weighted by molar-refractivity contribution is -0.211. The maximum Gasteiger partial charge on any atom is 0.316 e. The summed E-state index contributed by atoms with van der Waals surface area (Å²) in [7, 11) is 0. The lowest BCUT2D eigenvalue weighted by Gasteiger charge is -2.62. The molecule has 0 radical (unpaired) electrons. The second-order valence-corrected chi connectivity index (χ2v) is 16.1. The second kappa shape index (κ2) is 11.6. The molecule has 7 nitrogen and oxygen atoms in total. The van der Waals surface area contributed by atoms with Crippen LogP contribution in [0.25, 0.3) is 0 Å². The summed E-state index contributed by atoms with van der Waals surface area (Å²) in [4.78, 5) is 39.3. The largest absolute Gasteiger partial charge is 0.461 e. The van der Waals surface area contributed by atoms with Gasteiger partial charge >= 0.3 is 5.97 Å². The molecule has 0 heterocycles. The third-order valence-electron chi connectivity index (χ3n) is 11.3. The van der Waals surface area contributed by atoms with Crippen LogP contribution in [0.3, 0.4) is 0 Å². The van der Waals surface area contributed by atoms with Gasteiger partial charge in [-0.1, -0.05) is 48.5 Å². The van der Waals surface area contributed by atoms with Gasteiger partial charge in [0.1, 0.15) is 11.9 Å². The molecule has 39 heavy (non-hydrogen) atoms. The fourth-order valence-electron chi connectivity index (χ4n) is 7.93. The summed E-state index contributed by atoms with van der Waals surface area (Å²) in [5.74, 6) is -0.000426. The van der Waals surface area contributed by atoms with Gasteiger partial charge in [-0.2, -0.15) is 0 Å². The summed E-state index contributed by atoms with van der Waals surface area (Å²) in [6.07, 6.45) is 3.56. The Bertz CT molecular complexity index is 940. The molecule has 3 saturated carbocycles. The van der Waals surface area contributed by atoms with E-state index in [-0.39, 0.29) is 52.5 Å². The van der Waals surface area contributed by atoms with E-state index in [1.807, 2.05) is 27.7 Å². The molecule has 2 bridgehead atoms. The minimum Gasteiger partial charge on any atom is -0.461 e. The number of thioether (sulfide) groups is 1. The van der Waals surface area contributed by atoms with Crippen LogP contribution in [0.5, 0.6) is 0 Å². The topological polar surface area (TPSA) is 119 Å². The zero-order chi connectivity index (χ0) is 29.6. The molecule has 4 N–H and O–H groups in total. The third kappa shape index (κ3) is 5.94. The average Bonchev–Trinajstić information content (AvgIpc) is 3.24. The Morgan fingerprint density at radius 2 is 1.87 bits per heavy atom. The number of Topliss-reactive ketones (excluding diaryl/α,β-unsaturated/α-hetero) is 1. The van der Waals surface area contributed by atoms with E-state index in [2.05, 4.69) is 39.9 Å². The summed E-state index contributed by atoms with van der Waals surface area (Å²) in [5, 5.41) is 14.7. The van der Waals surface area contributed by atoms with E-state index in [0.717, 1.165) is 25.7 Å². The molecule has 3 aliphatic rings. The first kappa shape index (κ1) is 32.4. The van der Waals surface area contributed by atoms with Gasteiger partial charge in [-0.15, -0.1) is 11.8 Å². The van der Waals surface area contributed by atoms with Gasteiger partial charge in [0, 0.05) is 29.0 Å². The Morgan fingerprint density at radius 3 is 2.46 bits per heavy atom. The summed E-state index contributed by atoms with van der Waals surface area (Å²) < 4.78 is 5.99. The summed E-state index contributed by atoms with van der Waals surface area (Å²) in [6, 6.07) is -0.565. The summed E-state index contributed by atoms with van der Waals surface area (Å²) >= 11 is 1.45. The van der Waals surface area contributed by atoms with Crippen molar-refractivity contribution in [2.75, 3.05) is 12.3 Å². The SMILES string of the molecule is CCC1(C)CC(OC(=O)CSC(C)(C)CNC(=O)C(N)C(C)C)C2(C)C(C)CCC3(CCC(=O)C32)C(C)C1O. The zero-order valence-electron chi connectivity index (χ0n) is 25.8. The van der Waals surface area contributed by atoms with Crippen LogP contribution in [0.2, 0.25) is 0 Å². The van der Waals surface area contributed by atoms with E-state index in [0.29, 0.717) is 19.4 Å². The van der Waals surface area contributed by atoms with Crippen LogP contribution in [0.1, 0.15) is 101 Å². The van der Waals surface area contributed by atoms with Crippen LogP contribution >= 0.6 is 11.8 Å². The van der Waals surface area contributed by atoms with Gasteiger partial charge < -0.3 is 20.9 Å². The molecular weight excluding hydrogens is 512 g/mol. The number of aliphatic hydroxyl groups is 1. The van der Waals surface area contributed by atoms with Gasteiger partial charge in [0.2, 0.25) is 5.91 Å². The zero-order valence-corrected chi connectivity index (χ0v) is 26.6. The average molecular weight is 567 g/mol. The molecular formula is C31H54N2O5S. The van der Waals surface area contributed by atoms with Crippen molar-refractivity contribution in [3.63, 3.8) is 0 Å². The molecule has 0 aromatic carbocycles. The molecule has 0 aromatic rings. The Morgan fingerprint density at radius 1 is 1.23 bits per heavy atom. The Balaban J connectivity index is 1.81. The van der Waals surface area contributed by atoms with E-state index < -0.39 is 33.8 Å². The minimum atomic E-state index is -0.566. The number of nitrogens with two attached hydrogens (primary N) is 1. The highest BCUT2D eigenvalue weighted by Gasteiger charge is 2.68. The number of carbonyl (C=O) groups excluding carboxylic acids is 3. The predicted molar refractivity (Wildman–Crippen MR) is 157 cm³/mol. The minimum absolute atomic E-state index is 0.0118. The number of rotatable bonds is 9. The van der Waals surface area contributed by atoms with Gasteiger partial charge in [0.15, 0.2) is 0 Å². The first-order chi connectivity index (χ1) is 17.9. The molecule has 0 spiro atoms. The van der Waals surface area contributed by atoms with Crippen molar-refractivity contribution in [1.29, 1.82) is 0 Å². The van der Waals surface area contributed by atoms with Crippen molar-refractivity contribution >= 4 is 29.4 Å². The van der Waals surface area contributed by atoms with Crippen molar-refractivity contribution in [1.82, 2.24) is 5.32 Å². The van der Waals surface area contributed by atoms with E-state index in [1.54, 1.807) is 0 Å². The number of nitrogens with one attached hydrogen (secondary N) is 1. The predicted octanol–water partition coefficient (Wildman–Crippen LogP) is 4.73. The molecule has 224 valence electrons. The number of hydrogen-bond acceptors (Lipinski definition) is 7. The number of ketones is 1. The molecule has 0 saturated heterocycles. The van der Waals surface area contributed by atoms with E-state index >= 15 is 0 Å². The highest BCUT2D eigenvalue weighted by Crippen LogP contribution is 2.68. The monoisotopic (exact) mass is 566 g/mol. The molecule has 3 aliphatic carbocycles. The normalized spacial score (nSPS) is 39.5. The number of carbonyl (C=O) groups is 3. The fraction of sp³-hybridized carbons (Fsp3) is 0.903. The number of esters is 1. The molecule has 1 amide bonds. The quantitative estimate of drug-likeness (QED) is 0.345. The molecule has 8 heteroatoms.